The summed E-state index contributed by atoms with van der Waals surface area (Å²) < 4.78 is 16.5. The molecular weight excluding hydrogens is 386 g/mol. The third-order valence-electron chi connectivity index (χ3n) is 4.42. The predicted octanol–water partition coefficient (Wildman–Crippen LogP) is 3.78. The number of thioether (sulfide) groups is 2. The molecule has 0 radical (unpaired) electrons. The van der Waals surface area contributed by atoms with Crippen molar-refractivity contribution in [1.29, 1.82) is 0 Å². The highest BCUT2D eigenvalue weighted by atomic mass is 32.2. The van der Waals surface area contributed by atoms with Crippen LogP contribution < -0.4 is 9.47 Å². The van der Waals surface area contributed by atoms with Gasteiger partial charge < -0.3 is 19.3 Å². The van der Waals surface area contributed by atoms with Crippen LogP contribution in [0.25, 0.3) is 0 Å². The summed E-state index contributed by atoms with van der Waals surface area (Å²) in [5, 5.41) is 9.57. The van der Waals surface area contributed by atoms with Crippen molar-refractivity contribution in [2.75, 3.05) is 45.6 Å². The van der Waals surface area contributed by atoms with E-state index in [0.29, 0.717) is 23.3 Å². The van der Waals surface area contributed by atoms with E-state index < -0.39 is 6.09 Å². The number of rotatable bonds is 9. The number of aliphatic hydroxyl groups excluding tert-OH is 1. The molecule has 8 heteroatoms. The molecule has 0 spiro atoms. The molecule has 1 amide bonds. The zero-order chi connectivity index (χ0) is 19.6. The van der Waals surface area contributed by atoms with Crippen molar-refractivity contribution < 1.29 is 24.1 Å². The number of benzene rings is 1. The molecule has 1 aromatic carbocycles. The molecule has 27 heavy (non-hydrogen) atoms. The molecule has 2 rings (SSSR count). The van der Waals surface area contributed by atoms with Gasteiger partial charge in [-0.1, -0.05) is 12.1 Å². The van der Waals surface area contributed by atoms with E-state index >= 15 is 0 Å². The number of ether oxygens (including phenoxy) is 3. The highest BCUT2D eigenvalue weighted by Gasteiger charge is 2.30. The van der Waals surface area contributed by atoms with Gasteiger partial charge in [-0.05, 0) is 37.3 Å². The van der Waals surface area contributed by atoms with Crippen LogP contribution in [0.1, 0.15) is 31.2 Å². The van der Waals surface area contributed by atoms with Crippen molar-refractivity contribution in [1.82, 2.24) is 4.90 Å². The van der Waals surface area contributed by atoms with E-state index in [1.165, 1.54) is 11.3 Å². The van der Waals surface area contributed by atoms with Gasteiger partial charge in [-0.2, -0.15) is 0 Å². The van der Waals surface area contributed by atoms with E-state index in [4.69, 9.17) is 14.2 Å². The quantitative estimate of drug-likeness (QED) is 0.616. The predicted molar refractivity (Wildman–Crippen MR) is 111 cm³/mol. The molecule has 1 heterocycles. The second-order valence-corrected chi connectivity index (χ2v) is 8.84. The number of carbonyl (C=O) groups is 1. The summed E-state index contributed by atoms with van der Waals surface area (Å²) in [6.45, 7) is 2.10. The fourth-order valence-electron chi connectivity index (χ4n) is 3.11. The van der Waals surface area contributed by atoms with Gasteiger partial charge in [0.25, 0.3) is 0 Å². The molecule has 0 aliphatic carbocycles. The van der Waals surface area contributed by atoms with Gasteiger partial charge in [-0.25, -0.2) is 4.79 Å². The monoisotopic (exact) mass is 415 g/mol. The molecule has 1 N–H and O–H groups in total. The van der Waals surface area contributed by atoms with Gasteiger partial charge in [0, 0.05) is 18.0 Å². The molecular formula is C19H29NO5S2. The van der Waals surface area contributed by atoms with Crippen molar-refractivity contribution in [3.8, 4) is 11.5 Å². The van der Waals surface area contributed by atoms with Crippen LogP contribution in [0.15, 0.2) is 18.2 Å². The van der Waals surface area contributed by atoms with Crippen LogP contribution in [-0.2, 0) is 4.74 Å². The maximum Gasteiger partial charge on any atom is 0.411 e. The van der Waals surface area contributed by atoms with Crippen molar-refractivity contribution >= 4 is 29.6 Å². The first-order chi connectivity index (χ1) is 13.2. The van der Waals surface area contributed by atoms with E-state index in [2.05, 4.69) is 6.07 Å². The normalized spacial score (nSPS) is 15.9. The summed E-state index contributed by atoms with van der Waals surface area (Å²) in [4.78, 5) is 13.3. The van der Waals surface area contributed by atoms with Crippen LogP contribution >= 0.6 is 23.5 Å². The Morgan fingerprint density at radius 2 is 2.04 bits per heavy atom. The van der Waals surface area contributed by atoms with Crippen molar-refractivity contribution in [2.24, 2.45) is 0 Å². The number of carbonyl (C=O) groups excluding carboxylic acids is 1. The minimum Gasteiger partial charge on any atom is -0.493 e. The van der Waals surface area contributed by atoms with Gasteiger partial charge >= 0.3 is 6.09 Å². The van der Waals surface area contributed by atoms with Crippen molar-refractivity contribution in [2.45, 2.75) is 30.3 Å². The maximum absolute atomic E-state index is 12.0. The summed E-state index contributed by atoms with van der Waals surface area (Å²) in [6, 6.07) is 5.92. The smallest absolute Gasteiger partial charge is 0.411 e. The van der Waals surface area contributed by atoms with Crippen molar-refractivity contribution in [3.05, 3.63) is 23.8 Å². The van der Waals surface area contributed by atoms with Gasteiger partial charge in [-0.3, -0.25) is 4.90 Å². The van der Waals surface area contributed by atoms with Gasteiger partial charge in [-0.15, -0.1) is 23.5 Å². The first kappa shape index (κ1) is 22.0. The van der Waals surface area contributed by atoms with E-state index in [9.17, 15) is 9.90 Å². The zero-order valence-corrected chi connectivity index (χ0v) is 17.8. The number of amides is 1. The molecule has 1 fully saturated rings. The zero-order valence-electron chi connectivity index (χ0n) is 16.2. The minimum atomic E-state index is -0.486. The van der Waals surface area contributed by atoms with E-state index in [1.54, 1.807) is 21.1 Å². The van der Waals surface area contributed by atoms with Crippen LogP contribution in [0, 0.1) is 0 Å². The van der Waals surface area contributed by atoms with Crippen molar-refractivity contribution in [3.63, 3.8) is 0 Å². The number of aliphatic hydroxyl groups is 1. The Morgan fingerprint density at radius 3 is 2.63 bits per heavy atom. The first-order valence-electron chi connectivity index (χ1n) is 9.12. The molecule has 1 saturated heterocycles. The summed E-state index contributed by atoms with van der Waals surface area (Å²) in [5.74, 6) is 3.86. The number of nitrogens with zero attached hydrogens (tertiary/aromatic N) is 1. The summed E-state index contributed by atoms with van der Waals surface area (Å²) in [7, 11) is 3.28. The molecule has 1 unspecified atom stereocenters. The van der Waals surface area contributed by atoms with E-state index in [1.807, 2.05) is 35.7 Å². The van der Waals surface area contributed by atoms with Crippen LogP contribution in [0.4, 0.5) is 4.79 Å². The molecule has 1 aromatic rings. The number of para-hydroxylation sites is 1. The number of hydrogen-bond donors (Lipinski definition) is 1. The maximum atomic E-state index is 12.0. The lowest BCUT2D eigenvalue weighted by atomic mass is 9.95. The fraction of sp³-hybridized carbons (Fsp3) is 0.632. The Bertz CT molecular complexity index is 595. The molecule has 1 aliphatic rings. The SMILES string of the molecule is CCOC(=O)N(CO)CCC(c1cccc(OC)c1OC)C1SCCCS1. The highest BCUT2D eigenvalue weighted by Crippen LogP contribution is 2.46. The summed E-state index contributed by atoms with van der Waals surface area (Å²) in [5.41, 5.74) is 1.07. The first-order valence-corrected chi connectivity index (χ1v) is 11.2. The summed E-state index contributed by atoms with van der Waals surface area (Å²) in [6.07, 6.45) is 1.42. The topological polar surface area (TPSA) is 68.2 Å². The standard InChI is InChI=1S/C19H29NO5S2/c1-4-25-19(22)20(13-21)10-9-15(18-26-11-6-12-27-18)14-7-5-8-16(23-2)17(14)24-3/h5,7-8,15,18,21H,4,6,9-13H2,1-3H3. The Morgan fingerprint density at radius 1 is 1.30 bits per heavy atom. The molecule has 0 bridgehead atoms. The van der Waals surface area contributed by atoms with Crippen LogP contribution in [0.3, 0.4) is 0 Å². The number of hydrogen-bond acceptors (Lipinski definition) is 7. The Balaban J connectivity index is 2.25. The van der Waals surface area contributed by atoms with Gasteiger partial charge in [0.05, 0.1) is 25.4 Å². The van der Waals surface area contributed by atoms with E-state index in [-0.39, 0.29) is 19.3 Å². The molecule has 1 aliphatic heterocycles. The summed E-state index contributed by atoms with van der Waals surface area (Å²) >= 11 is 3.89. The van der Waals surface area contributed by atoms with E-state index in [0.717, 1.165) is 22.8 Å². The van der Waals surface area contributed by atoms with Gasteiger partial charge in [0.2, 0.25) is 0 Å². The lowest BCUT2D eigenvalue weighted by Gasteiger charge is -2.32. The molecule has 6 nitrogen and oxygen atoms in total. The highest BCUT2D eigenvalue weighted by molar-refractivity contribution is 8.17. The van der Waals surface area contributed by atoms with Gasteiger partial charge in [0.15, 0.2) is 11.5 Å². The molecule has 0 saturated carbocycles. The third-order valence-corrected chi connectivity index (χ3v) is 7.60. The average molecular weight is 416 g/mol. The molecule has 1 atom stereocenters. The number of methoxy groups -OCH3 is 2. The minimum absolute atomic E-state index is 0.161. The second kappa shape index (κ2) is 11.6. The van der Waals surface area contributed by atoms with Crippen LogP contribution in [0.2, 0.25) is 0 Å². The molecule has 0 aromatic heterocycles. The Kier molecular flexibility index (Phi) is 9.44. The second-order valence-electron chi connectivity index (χ2n) is 6.05. The third kappa shape index (κ3) is 5.86. The van der Waals surface area contributed by atoms with Gasteiger partial charge in [0.1, 0.15) is 6.73 Å². The lowest BCUT2D eigenvalue weighted by molar-refractivity contribution is 0.0637. The Hall–Kier alpha value is -1.25. The fourth-order valence-corrected chi connectivity index (χ4v) is 6.37. The Labute approximate surface area is 169 Å². The average Bonchev–Trinajstić information content (AvgIpc) is 2.71. The lowest BCUT2D eigenvalue weighted by Crippen LogP contribution is -2.35. The molecule has 152 valence electrons. The largest absolute Gasteiger partial charge is 0.493 e. The van der Waals surface area contributed by atoms with Crippen LogP contribution in [-0.4, -0.2) is 66.3 Å². The van der Waals surface area contributed by atoms with Crippen LogP contribution in [0.5, 0.6) is 11.5 Å².